The number of hydrogen-bond donors (Lipinski definition) is 1. The molecule has 0 radical (unpaired) electrons. The van der Waals surface area contributed by atoms with Crippen molar-refractivity contribution in [1.29, 1.82) is 0 Å². The van der Waals surface area contributed by atoms with Gasteiger partial charge in [-0.1, -0.05) is 23.2 Å². The van der Waals surface area contributed by atoms with Gasteiger partial charge < -0.3 is 5.32 Å². The molecule has 1 aromatic heterocycles. The molecule has 5 heteroatoms. The minimum Gasteiger partial charge on any atom is -0.376 e. The summed E-state index contributed by atoms with van der Waals surface area (Å²) in [5.74, 6) is -0.451. The third-order valence-electron chi connectivity index (χ3n) is 3.38. The van der Waals surface area contributed by atoms with E-state index < -0.39 is 5.82 Å². The van der Waals surface area contributed by atoms with Crippen LogP contribution in [0.15, 0.2) is 18.2 Å². The van der Waals surface area contributed by atoms with Crippen molar-refractivity contribution in [2.24, 2.45) is 0 Å². The van der Waals surface area contributed by atoms with Gasteiger partial charge in [-0.2, -0.15) is 0 Å². The van der Waals surface area contributed by atoms with Gasteiger partial charge in [-0.3, -0.25) is 4.98 Å². The van der Waals surface area contributed by atoms with Gasteiger partial charge in [-0.15, -0.1) is 0 Å². The molecule has 2 aromatic rings. The Bertz CT molecular complexity index is 640. The Morgan fingerprint density at radius 2 is 1.67 bits per heavy atom. The molecule has 1 atom stereocenters. The van der Waals surface area contributed by atoms with Crippen LogP contribution in [0.3, 0.4) is 0 Å². The normalized spacial score (nSPS) is 12.3. The van der Waals surface area contributed by atoms with Crippen LogP contribution in [0.4, 0.5) is 10.1 Å². The van der Waals surface area contributed by atoms with Crippen LogP contribution < -0.4 is 5.32 Å². The molecular formula is C16H17Cl2FN2. The maximum atomic E-state index is 13.2. The fraction of sp³-hybridized carbons (Fsp3) is 0.312. The quantitative estimate of drug-likeness (QED) is 0.791. The molecule has 1 heterocycles. The number of hydrogen-bond acceptors (Lipinski definition) is 2. The van der Waals surface area contributed by atoms with Gasteiger partial charge in [0.15, 0.2) is 0 Å². The second-order valence-electron chi connectivity index (χ2n) is 5.19. The van der Waals surface area contributed by atoms with Crippen molar-refractivity contribution in [3.63, 3.8) is 0 Å². The summed E-state index contributed by atoms with van der Waals surface area (Å²) in [4.78, 5) is 4.49. The van der Waals surface area contributed by atoms with Crippen molar-refractivity contribution in [1.82, 2.24) is 4.98 Å². The zero-order valence-corrected chi connectivity index (χ0v) is 13.9. The van der Waals surface area contributed by atoms with Crippen LogP contribution in [0.5, 0.6) is 0 Å². The number of halogens is 3. The summed E-state index contributed by atoms with van der Waals surface area (Å²) < 4.78 is 13.2. The highest BCUT2D eigenvalue weighted by Crippen LogP contribution is 2.35. The van der Waals surface area contributed by atoms with E-state index in [0.717, 1.165) is 22.5 Å². The van der Waals surface area contributed by atoms with Crippen LogP contribution in [-0.4, -0.2) is 4.98 Å². The average Bonchev–Trinajstić information content (AvgIpc) is 2.32. The summed E-state index contributed by atoms with van der Waals surface area (Å²) in [6.07, 6.45) is 0. The van der Waals surface area contributed by atoms with E-state index in [-0.39, 0.29) is 16.1 Å². The number of nitrogens with one attached hydrogen (secondary N) is 1. The van der Waals surface area contributed by atoms with Gasteiger partial charge >= 0.3 is 0 Å². The zero-order chi connectivity index (χ0) is 15.7. The number of rotatable bonds is 3. The molecule has 2 rings (SSSR count). The Balaban J connectivity index is 2.37. The number of benzene rings is 1. The summed E-state index contributed by atoms with van der Waals surface area (Å²) in [6, 6.07) is 4.48. The molecule has 0 saturated carbocycles. The summed E-state index contributed by atoms with van der Waals surface area (Å²) >= 11 is 12.1. The van der Waals surface area contributed by atoms with Gasteiger partial charge in [0, 0.05) is 11.4 Å². The molecule has 1 N–H and O–H groups in total. The van der Waals surface area contributed by atoms with Gasteiger partial charge in [-0.05, 0) is 57.0 Å². The Hall–Kier alpha value is -1.32. The van der Waals surface area contributed by atoms with E-state index in [2.05, 4.69) is 10.3 Å². The third kappa shape index (κ3) is 3.47. The highest BCUT2D eigenvalue weighted by molar-refractivity contribution is 6.39. The van der Waals surface area contributed by atoms with Crippen molar-refractivity contribution in [2.45, 2.75) is 33.7 Å². The molecule has 0 bridgehead atoms. The Morgan fingerprint density at radius 3 is 2.19 bits per heavy atom. The lowest BCUT2D eigenvalue weighted by Gasteiger charge is -2.21. The summed E-state index contributed by atoms with van der Waals surface area (Å²) in [7, 11) is 0. The first-order valence-electron chi connectivity index (χ1n) is 6.65. The van der Waals surface area contributed by atoms with Gasteiger partial charge in [0.25, 0.3) is 0 Å². The Morgan fingerprint density at radius 1 is 1.10 bits per heavy atom. The van der Waals surface area contributed by atoms with E-state index in [0.29, 0.717) is 5.69 Å². The molecule has 0 aliphatic carbocycles. The molecular weight excluding hydrogens is 310 g/mol. The van der Waals surface area contributed by atoms with Crippen molar-refractivity contribution in [3.8, 4) is 0 Å². The van der Waals surface area contributed by atoms with Crippen molar-refractivity contribution < 1.29 is 4.39 Å². The highest BCUT2D eigenvalue weighted by Gasteiger charge is 2.16. The SMILES string of the molecule is Cc1cc(C)c(C(C)Nc2c(Cl)cc(F)cc2Cl)c(C)n1. The summed E-state index contributed by atoms with van der Waals surface area (Å²) in [5, 5.41) is 3.78. The molecule has 112 valence electrons. The minimum atomic E-state index is -0.451. The van der Waals surface area contributed by atoms with E-state index in [9.17, 15) is 4.39 Å². The predicted molar refractivity (Wildman–Crippen MR) is 86.9 cm³/mol. The first-order chi connectivity index (χ1) is 9.79. The first kappa shape index (κ1) is 16.1. The van der Waals surface area contributed by atoms with Crippen molar-refractivity contribution in [2.75, 3.05) is 5.32 Å². The fourth-order valence-corrected chi connectivity index (χ4v) is 3.23. The number of aryl methyl sites for hydroxylation is 3. The van der Waals surface area contributed by atoms with Gasteiger partial charge in [-0.25, -0.2) is 4.39 Å². The lowest BCUT2D eigenvalue weighted by atomic mass is 10.00. The van der Waals surface area contributed by atoms with Crippen LogP contribution in [0.2, 0.25) is 10.0 Å². The van der Waals surface area contributed by atoms with E-state index >= 15 is 0 Å². The summed E-state index contributed by atoms with van der Waals surface area (Å²) in [6.45, 7) is 7.99. The monoisotopic (exact) mass is 326 g/mol. The van der Waals surface area contributed by atoms with E-state index in [1.807, 2.05) is 33.8 Å². The standard InChI is InChI=1S/C16H17Cl2FN2/c1-8-5-9(2)20-10(3)15(8)11(4)21-16-13(17)6-12(19)7-14(16)18/h5-7,11,21H,1-4H3. The fourth-order valence-electron chi connectivity index (χ4n) is 2.66. The molecule has 21 heavy (non-hydrogen) atoms. The highest BCUT2D eigenvalue weighted by atomic mass is 35.5. The molecule has 0 saturated heterocycles. The molecule has 0 fully saturated rings. The minimum absolute atomic E-state index is 0.0430. The summed E-state index contributed by atoms with van der Waals surface area (Å²) in [5.41, 5.74) is 4.72. The van der Waals surface area contributed by atoms with Crippen LogP contribution >= 0.6 is 23.2 Å². The van der Waals surface area contributed by atoms with E-state index in [1.165, 1.54) is 12.1 Å². The van der Waals surface area contributed by atoms with E-state index in [4.69, 9.17) is 23.2 Å². The van der Waals surface area contributed by atoms with Gasteiger partial charge in [0.2, 0.25) is 0 Å². The molecule has 0 amide bonds. The maximum absolute atomic E-state index is 13.2. The van der Waals surface area contributed by atoms with Crippen LogP contribution in [-0.2, 0) is 0 Å². The Kier molecular flexibility index (Phi) is 4.74. The predicted octanol–water partition coefficient (Wildman–Crippen LogP) is 5.63. The van der Waals surface area contributed by atoms with Gasteiger partial charge in [0.1, 0.15) is 5.82 Å². The lowest BCUT2D eigenvalue weighted by Crippen LogP contribution is -2.12. The molecule has 2 nitrogen and oxygen atoms in total. The number of pyridine rings is 1. The second kappa shape index (κ2) is 6.20. The Labute approximate surface area is 134 Å². The maximum Gasteiger partial charge on any atom is 0.126 e. The largest absolute Gasteiger partial charge is 0.376 e. The molecule has 0 aliphatic heterocycles. The third-order valence-corrected chi connectivity index (χ3v) is 3.98. The topological polar surface area (TPSA) is 24.9 Å². The van der Waals surface area contributed by atoms with Crippen LogP contribution in [0.25, 0.3) is 0 Å². The second-order valence-corrected chi connectivity index (χ2v) is 6.00. The van der Waals surface area contributed by atoms with Crippen molar-refractivity contribution >= 4 is 28.9 Å². The number of aromatic nitrogens is 1. The first-order valence-corrected chi connectivity index (χ1v) is 7.41. The number of anilines is 1. The van der Waals surface area contributed by atoms with Crippen molar-refractivity contribution in [3.05, 3.63) is 56.6 Å². The smallest absolute Gasteiger partial charge is 0.126 e. The average molecular weight is 327 g/mol. The molecule has 0 aliphatic rings. The van der Waals surface area contributed by atoms with E-state index in [1.54, 1.807) is 0 Å². The molecule has 0 spiro atoms. The zero-order valence-electron chi connectivity index (χ0n) is 12.4. The lowest BCUT2D eigenvalue weighted by molar-refractivity contribution is 0.628. The molecule has 1 aromatic carbocycles. The van der Waals surface area contributed by atoms with Crippen LogP contribution in [0, 0.1) is 26.6 Å². The van der Waals surface area contributed by atoms with Gasteiger partial charge in [0.05, 0.1) is 21.8 Å². The molecule has 1 unspecified atom stereocenters. The number of nitrogens with zero attached hydrogens (tertiary/aromatic N) is 1. The van der Waals surface area contributed by atoms with Crippen LogP contribution in [0.1, 0.15) is 35.5 Å².